The fraction of sp³-hybridized carbons (Fsp3) is 0.476. The molecule has 30 heavy (non-hydrogen) atoms. The van der Waals surface area contributed by atoms with Crippen LogP contribution >= 0.6 is 0 Å². The van der Waals surface area contributed by atoms with Gasteiger partial charge in [0, 0.05) is 31.0 Å². The van der Waals surface area contributed by atoms with Gasteiger partial charge in [-0.1, -0.05) is 47.6 Å². The summed E-state index contributed by atoms with van der Waals surface area (Å²) in [5, 5.41) is 13.3. The van der Waals surface area contributed by atoms with Crippen LogP contribution in [0, 0.1) is 17.2 Å². The van der Waals surface area contributed by atoms with Gasteiger partial charge in [0.15, 0.2) is 4.75 Å². The first-order valence-electron chi connectivity index (χ1n) is 10.1. The lowest BCUT2D eigenvalue weighted by Gasteiger charge is -2.31. The third-order valence-corrected chi connectivity index (χ3v) is 7.70. The van der Waals surface area contributed by atoms with Crippen LogP contribution in [0.15, 0.2) is 53.7 Å². The fourth-order valence-corrected chi connectivity index (χ4v) is 5.11. The molecular formula is C21H26N6O2S. The molecule has 1 N–H and O–H groups in total. The van der Waals surface area contributed by atoms with E-state index >= 15 is 0 Å². The highest BCUT2D eigenvalue weighted by molar-refractivity contribution is 7.91. The minimum atomic E-state index is -3.85. The Bertz CT molecular complexity index is 984. The Hall–Kier alpha value is -2.63. The van der Waals surface area contributed by atoms with E-state index in [2.05, 4.69) is 19.6 Å². The lowest BCUT2D eigenvalue weighted by molar-refractivity contribution is 0.190. The molecule has 0 amide bonds. The highest BCUT2D eigenvalue weighted by Crippen LogP contribution is 2.31. The van der Waals surface area contributed by atoms with E-state index in [0.29, 0.717) is 19.0 Å². The molecule has 1 fully saturated rings. The number of nitrogens with one attached hydrogen (secondary N) is 1. The predicted molar refractivity (Wildman–Crippen MR) is 117 cm³/mol. The van der Waals surface area contributed by atoms with E-state index in [1.807, 2.05) is 42.5 Å². The molecule has 1 aromatic carbocycles. The highest BCUT2D eigenvalue weighted by atomic mass is 32.2. The van der Waals surface area contributed by atoms with Gasteiger partial charge in [-0.2, -0.15) is 5.26 Å². The number of azide groups is 1. The van der Waals surface area contributed by atoms with Gasteiger partial charge in [0.1, 0.15) is 0 Å². The molecule has 2 aliphatic rings. The minimum absolute atomic E-state index is 0.115. The third-order valence-electron chi connectivity index (χ3n) is 5.76. The van der Waals surface area contributed by atoms with Crippen molar-refractivity contribution in [2.45, 2.75) is 24.0 Å². The van der Waals surface area contributed by atoms with E-state index in [0.717, 1.165) is 37.1 Å². The average molecular weight is 427 g/mol. The molecule has 1 aliphatic heterocycles. The highest BCUT2D eigenvalue weighted by Gasteiger charge is 2.42. The molecule has 1 saturated heterocycles. The number of likely N-dealkylation sites (tertiary alicyclic amines) is 1. The largest absolute Gasteiger partial charge is 0.302 e. The summed E-state index contributed by atoms with van der Waals surface area (Å²) in [7, 11) is -3.85. The maximum atomic E-state index is 12.9. The summed E-state index contributed by atoms with van der Waals surface area (Å²) in [6.45, 7) is 3.06. The van der Waals surface area contributed by atoms with Crippen molar-refractivity contribution in [2.24, 2.45) is 11.0 Å². The molecule has 1 aromatic rings. The monoisotopic (exact) mass is 426 g/mol. The Kier molecular flexibility index (Phi) is 7.29. The smallest absolute Gasteiger partial charge is 0.234 e. The first kappa shape index (κ1) is 22.1. The van der Waals surface area contributed by atoms with E-state index in [1.54, 1.807) is 6.08 Å². The van der Waals surface area contributed by atoms with Crippen molar-refractivity contribution < 1.29 is 8.42 Å². The van der Waals surface area contributed by atoms with E-state index in [-0.39, 0.29) is 13.0 Å². The fourth-order valence-electron chi connectivity index (χ4n) is 3.82. The van der Waals surface area contributed by atoms with Gasteiger partial charge in [-0.25, -0.2) is 13.1 Å². The van der Waals surface area contributed by atoms with Crippen LogP contribution in [0.4, 0.5) is 0 Å². The van der Waals surface area contributed by atoms with E-state index in [1.165, 1.54) is 6.08 Å². The second-order valence-electron chi connectivity index (χ2n) is 7.66. The van der Waals surface area contributed by atoms with Gasteiger partial charge >= 0.3 is 0 Å². The van der Waals surface area contributed by atoms with Crippen LogP contribution in [-0.2, 0) is 10.0 Å². The summed E-state index contributed by atoms with van der Waals surface area (Å²) in [5.74, 6) is 0.397. The molecule has 1 aliphatic carbocycles. The molecule has 1 unspecified atom stereocenters. The maximum Gasteiger partial charge on any atom is 0.234 e. The van der Waals surface area contributed by atoms with Crippen molar-refractivity contribution in [1.82, 2.24) is 9.62 Å². The quantitative estimate of drug-likeness (QED) is 0.389. The Labute approximate surface area is 177 Å². The average Bonchev–Trinajstić information content (AvgIpc) is 2.79. The number of nitrogens with zero attached hydrogens (tertiary/aromatic N) is 5. The molecule has 9 heteroatoms. The molecule has 8 nitrogen and oxygen atoms in total. The van der Waals surface area contributed by atoms with Crippen LogP contribution in [0.3, 0.4) is 0 Å². The van der Waals surface area contributed by atoms with Crippen LogP contribution < -0.4 is 4.72 Å². The van der Waals surface area contributed by atoms with Crippen molar-refractivity contribution in [3.63, 3.8) is 0 Å². The van der Waals surface area contributed by atoms with Gasteiger partial charge in [-0.15, -0.1) is 0 Å². The van der Waals surface area contributed by atoms with Crippen molar-refractivity contribution in [3.8, 4) is 6.07 Å². The van der Waals surface area contributed by atoms with Crippen molar-refractivity contribution in [3.05, 3.63) is 64.6 Å². The van der Waals surface area contributed by atoms with Crippen LogP contribution in [0.5, 0.6) is 0 Å². The Morgan fingerprint density at radius 1 is 1.30 bits per heavy atom. The number of piperidine rings is 1. The van der Waals surface area contributed by atoms with Crippen molar-refractivity contribution in [1.29, 1.82) is 5.26 Å². The van der Waals surface area contributed by atoms with E-state index in [4.69, 9.17) is 5.53 Å². The van der Waals surface area contributed by atoms with Gasteiger partial charge in [0.05, 0.1) is 6.07 Å². The minimum Gasteiger partial charge on any atom is -0.302 e. The van der Waals surface area contributed by atoms with Gasteiger partial charge in [0.25, 0.3) is 0 Å². The molecule has 0 saturated carbocycles. The zero-order valence-corrected chi connectivity index (χ0v) is 17.6. The molecule has 3 rings (SSSR count). The molecule has 1 atom stereocenters. The summed E-state index contributed by atoms with van der Waals surface area (Å²) >= 11 is 0. The number of hydrogen-bond acceptors (Lipinski definition) is 5. The summed E-state index contributed by atoms with van der Waals surface area (Å²) in [6.07, 6.45) is 7.01. The lowest BCUT2D eigenvalue weighted by Crippen LogP contribution is -2.47. The molecule has 0 bridgehead atoms. The van der Waals surface area contributed by atoms with Gasteiger partial charge < -0.3 is 4.90 Å². The van der Waals surface area contributed by atoms with Gasteiger partial charge in [-0.3, -0.25) is 0 Å². The SMILES string of the molecule is N#CC1(S(=O)(=O)NCCN2CCC(CN=[N+]=[N-])CC2)C=CC(c2ccccc2)=CC1. The number of nitriles is 1. The summed E-state index contributed by atoms with van der Waals surface area (Å²) in [5.41, 5.74) is 10.3. The van der Waals surface area contributed by atoms with Crippen molar-refractivity contribution in [2.75, 3.05) is 32.7 Å². The number of sulfonamides is 1. The maximum absolute atomic E-state index is 12.9. The molecule has 0 spiro atoms. The van der Waals surface area contributed by atoms with E-state index < -0.39 is 14.8 Å². The summed E-state index contributed by atoms with van der Waals surface area (Å²) < 4.78 is 26.9. The summed E-state index contributed by atoms with van der Waals surface area (Å²) in [6, 6.07) is 11.7. The second-order valence-corrected chi connectivity index (χ2v) is 9.68. The molecular weight excluding hydrogens is 400 g/mol. The van der Waals surface area contributed by atoms with Crippen LogP contribution in [-0.4, -0.2) is 50.8 Å². The van der Waals surface area contributed by atoms with Crippen molar-refractivity contribution >= 4 is 15.6 Å². The Morgan fingerprint density at radius 3 is 2.63 bits per heavy atom. The first-order chi connectivity index (χ1) is 14.5. The second kappa shape index (κ2) is 9.92. The third kappa shape index (κ3) is 5.10. The normalized spacial score (nSPS) is 22.7. The summed E-state index contributed by atoms with van der Waals surface area (Å²) in [4.78, 5) is 5.00. The zero-order chi connectivity index (χ0) is 21.5. The zero-order valence-electron chi connectivity index (χ0n) is 16.8. The topological polar surface area (TPSA) is 122 Å². The number of rotatable bonds is 8. The van der Waals surface area contributed by atoms with Gasteiger partial charge in [-0.05, 0) is 54.6 Å². The van der Waals surface area contributed by atoms with E-state index in [9.17, 15) is 13.7 Å². The predicted octanol–water partition coefficient (Wildman–Crippen LogP) is 3.23. The lowest BCUT2D eigenvalue weighted by atomic mass is 9.93. The van der Waals surface area contributed by atoms with Crippen LogP contribution in [0.2, 0.25) is 0 Å². The molecule has 158 valence electrons. The number of hydrogen-bond donors (Lipinski definition) is 1. The van der Waals surface area contributed by atoms with Crippen LogP contribution in [0.25, 0.3) is 16.0 Å². The molecule has 1 heterocycles. The first-order valence-corrected chi connectivity index (χ1v) is 11.6. The molecule has 0 aromatic heterocycles. The Balaban J connectivity index is 1.54. The Morgan fingerprint density at radius 2 is 2.03 bits per heavy atom. The molecule has 0 radical (unpaired) electrons. The number of benzene rings is 1. The number of allylic oxidation sites excluding steroid dienone is 3. The standard InChI is InChI=1S/C21H26N6O2S/c22-17-21(10-6-20(7-11-21)19-4-2-1-3-5-19)30(28,29)25-12-15-27-13-8-18(9-14-27)16-24-26-23/h1-7,10,18,25H,8-9,11-16H2. The van der Waals surface area contributed by atoms with Gasteiger partial charge in [0.2, 0.25) is 10.0 Å². The van der Waals surface area contributed by atoms with Crippen LogP contribution in [0.1, 0.15) is 24.8 Å².